The van der Waals surface area contributed by atoms with E-state index in [1.165, 1.54) is 19.3 Å². The predicted molar refractivity (Wildman–Crippen MR) is 41.7 cm³/mol. The first-order chi connectivity index (χ1) is 5.57. The van der Waals surface area contributed by atoms with Crippen molar-refractivity contribution in [3.63, 3.8) is 0 Å². The molecule has 12 heavy (non-hydrogen) atoms. The minimum absolute atomic E-state index is 0.894. The number of aliphatic carboxylic acids is 2. The fourth-order valence-electron chi connectivity index (χ4n) is 0.642. The molecule has 1 rings (SSSR count). The van der Waals surface area contributed by atoms with Crippen molar-refractivity contribution >= 4 is 11.9 Å². The Labute approximate surface area is 70.2 Å². The van der Waals surface area contributed by atoms with Crippen LogP contribution in [0.3, 0.4) is 0 Å². The maximum absolute atomic E-state index is 9.10. The average Bonchev–Trinajstić information content (AvgIpc) is 2.73. The first kappa shape index (κ1) is 10.9. The van der Waals surface area contributed by atoms with Gasteiger partial charge in [0, 0.05) is 0 Å². The highest BCUT2D eigenvalue weighted by molar-refractivity contribution is 6.27. The van der Waals surface area contributed by atoms with Gasteiger partial charge < -0.3 is 15.9 Å². The minimum Gasteiger partial charge on any atom is -0.473 e. The van der Waals surface area contributed by atoms with Crippen molar-refractivity contribution in [2.24, 2.45) is 11.7 Å². The van der Waals surface area contributed by atoms with E-state index in [1.807, 2.05) is 0 Å². The summed E-state index contributed by atoms with van der Waals surface area (Å²) in [7, 11) is 0. The van der Waals surface area contributed by atoms with Crippen molar-refractivity contribution in [2.75, 3.05) is 6.54 Å². The molecule has 0 radical (unpaired) electrons. The van der Waals surface area contributed by atoms with Crippen LogP contribution in [-0.4, -0.2) is 28.7 Å². The molecule has 0 atom stereocenters. The molecule has 1 fully saturated rings. The summed E-state index contributed by atoms with van der Waals surface area (Å²) in [6, 6.07) is 0. The number of hydrogen-bond donors (Lipinski definition) is 3. The summed E-state index contributed by atoms with van der Waals surface area (Å²) in [4.78, 5) is 18.2. The number of rotatable bonds is 2. The molecular weight excluding hydrogens is 162 g/mol. The molecule has 0 amide bonds. The van der Waals surface area contributed by atoms with Crippen molar-refractivity contribution in [3.05, 3.63) is 0 Å². The van der Waals surface area contributed by atoms with Gasteiger partial charge in [-0.15, -0.1) is 0 Å². The zero-order chi connectivity index (χ0) is 9.56. The Kier molecular flexibility index (Phi) is 5.03. The second-order valence-electron chi connectivity index (χ2n) is 2.63. The van der Waals surface area contributed by atoms with Gasteiger partial charge in [-0.05, 0) is 18.9 Å². The van der Waals surface area contributed by atoms with Crippen LogP contribution >= 0.6 is 0 Å². The Bertz CT molecular complexity index is 153. The maximum atomic E-state index is 9.10. The molecule has 0 bridgehead atoms. The summed E-state index contributed by atoms with van der Waals surface area (Å²) in [6.45, 7) is 0.894. The van der Waals surface area contributed by atoms with Gasteiger partial charge in [0.15, 0.2) is 0 Å². The standard InChI is InChI=1S/C5H11N.C2H2O4/c6-4-3-5-1-2-5;3-1(4)2(5)6/h5H,1-4,6H2;(H,3,4)(H,5,6). The molecule has 1 saturated carbocycles. The van der Waals surface area contributed by atoms with Gasteiger partial charge in [0.05, 0.1) is 0 Å². The summed E-state index contributed by atoms with van der Waals surface area (Å²) < 4.78 is 0. The van der Waals surface area contributed by atoms with Gasteiger partial charge in [0.25, 0.3) is 0 Å². The van der Waals surface area contributed by atoms with Crippen LogP contribution in [0.2, 0.25) is 0 Å². The molecule has 0 aliphatic heterocycles. The SMILES string of the molecule is NCCC1CC1.O=C(O)C(=O)O. The quantitative estimate of drug-likeness (QED) is 0.509. The fourth-order valence-corrected chi connectivity index (χ4v) is 0.642. The fraction of sp³-hybridized carbons (Fsp3) is 0.714. The average molecular weight is 175 g/mol. The lowest BCUT2D eigenvalue weighted by molar-refractivity contribution is -0.159. The molecular formula is C7H13NO4. The highest BCUT2D eigenvalue weighted by atomic mass is 16.4. The predicted octanol–water partition coefficient (Wildman–Crippen LogP) is -0.0992. The van der Waals surface area contributed by atoms with Gasteiger partial charge in [-0.25, -0.2) is 9.59 Å². The van der Waals surface area contributed by atoms with Gasteiger partial charge in [0.2, 0.25) is 0 Å². The summed E-state index contributed by atoms with van der Waals surface area (Å²) in [5.41, 5.74) is 5.27. The van der Waals surface area contributed by atoms with Crippen LogP contribution in [0.1, 0.15) is 19.3 Å². The van der Waals surface area contributed by atoms with Crippen LogP contribution in [0.25, 0.3) is 0 Å². The molecule has 4 N–H and O–H groups in total. The van der Waals surface area contributed by atoms with Crippen LogP contribution in [0.15, 0.2) is 0 Å². The molecule has 70 valence electrons. The summed E-state index contributed by atoms with van der Waals surface area (Å²) in [5.74, 6) is -2.62. The van der Waals surface area contributed by atoms with E-state index in [9.17, 15) is 0 Å². The second-order valence-corrected chi connectivity index (χ2v) is 2.63. The summed E-state index contributed by atoms with van der Waals surface area (Å²) >= 11 is 0. The molecule has 0 aromatic rings. The minimum atomic E-state index is -1.82. The smallest absolute Gasteiger partial charge is 0.414 e. The van der Waals surface area contributed by atoms with Crippen LogP contribution in [0.4, 0.5) is 0 Å². The van der Waals surface area contributed by atoms with Gasteiger partial charge in [-0.3, -0.25) is 0 Å². The van der Waals surface area contributed by atoms with E-state index in [1.54, 1.807) is 0 Å². The second kappa shape index (κ2) is 5.54. The summed E-state index contributed by atoms with van der Waals surface area (Å²) in [6.07, 6.45) is 4.15. The molecule has 0 aromatic heterocycles. The lowest BCUT2D eigenvalue weighted by Gasteiger charge is -1.83. The van der Waals surface area contributed by atoms with E-state index in [4.69, 9.17) is 25.5 Å². The third-order valence-corrected chi connectivity index (χ3v) is 1.45. The molecule has 1 aliphatic carbocycles. The van der Waals surface area contributed by atoms with E-state index in [0.717, 1.165) is 12.5 Å². The van der Waals surface area contributed by atoms with Gasteiger partial charge in [-0.2, -0.15) is 0 Å². The molecule has 5 heteroatoms. The largest absolute Gasteiger partial charge is 0.473 e. The number of carboxylic acids is 2. The number of carbonyl (C=O) groups is 2. The van der Waals surface area contributed by atoms with Crippen LogP contribution in [0, 0.1) is 5.92 Å². The zero-order valence-electron chi connectivity index (χ0n) is 6.69. The Hall–Kier alpha value is -1.10. The van der Waals surface area contributed by atoms with Crippen LogP contribution in [0.5, 0.6) is 0 Å². The van der Waals surface area contributed by atoms with Crippen molar-refractivity contribution in [1.82, 2.24) is 0 Å². The van der Waals surface area contributed by atoms with Gasteiger partial charge in [-0.1, -0.05) is 12.8 Å². The lowest BCUT2D eigenvalue weighted by atomic mass is 10.3. The van der Waals surface area contributed by atoms with Gasteiger partial charge in [0.1, 0.15) is 0 Å². The molecule has 0 saturated heterocycles. The topological polar surface area (TPSA) is 101 Å². The molecule has 0 unspecified atom stereocenters. The van der Waals surface area contributed by atoms with Crippen molar-refractivity contribution in [3.8, 4) is 0 Å². The third kappa shape index (κ3) is 7.01. The summed E-state index contributed by atoms with van der Waals surface area (Å²) in [5, 5.41) is 14.8. The van der Waals surface area contributed by atoms with Crippen molar-refractivity contribution < 1.29 is 19.8 Å². The maximum Gasteiger partial charge on any atom is 0.414 e. The van der Waals surface area contributed by atoms with Crippen molar-refractivity contribution in [2.45, 2.75) is 19.3 Å². The number of carboxylic acid groups (broad SMARTS) is 2. The molecule has 5 nitrogen and oxygen atoms in total. The van der Waals surface area contributed by atoms with E-state index in [0.29, 0.717) is 0 Å². The highest BCUT2D eigenvalue weighted by Gasteiger charge is 2.18. The lowest BCUT2D eigenvalue weighted by Crippen LogP contribution is -2.09. The Morgan fingerprint density at radius 2 is 1.67 bits per heavy atom. The third-order valence-electron chi connectivity index (χ3n) is 1.45. The van der Waals surface area contributed by atoms with E-state index >= 15 is 0 Å². The van der Waals surface area contributed by atoms with Crippen molar-refractivity contribution in [1.29, 1.82) is 0 Å². The highest BCUT2D eigenvalue weighted by Crippen LogP contribution is 2.31. The van der Waals surface area contributed by atoms with E-state index in [-0.39, 0.29) is 0 Å². The first-order valence-electron chi connectivity index (χ1n) is 3.74. The normalized spacial score (nSPS) is 14.4. The first-order valence-corrected chi connectivity index (χ1v) is 3.74. The molecule has 0 spiro atoms. The Morgan fingerprint density at radius 1 is 1.25 bits per heavy atom. The Balaban J connectivity index is 0.000000202. The molecule has 0 heterocycles. The van der Waals surface area contributed by atoms with E-state index < -0.39 is 11.9 Å². The molecule has 0 aromatic carbocycles. The molecule has 1 aliphatic rings. The van der Waals surface area contributed by atoms with Gasteiger partial charge >= 0.3 is 11.9 Å². The van der Waals surface area contributed by atoms with Crippen LogP contribution in [-0.2, 0) is 9.59 Å². The van der Waals surface area contributed by atoms with E-state index in [2.05, 4.69) is 0 Å². The Morgan fingerprint density at radius 3 is 1.75 bits per heavy atom. The zero-order valence-corrected chi connectivity index (χ0v) is 6.69. The number of nitrogens with two attached hydrogens (primary N) is 1. The number of hydrogen-bond acceptors (Lipinski definition) is 3. The monoisotopic (exact) mass is 175 g/mol. The van der Waals surface area contributed by atoms with Crippen LogP contribution < -0.4 is 5.73 Å².